The van der Waals surface area contributed by atoms with Crippen molar-refractivity contribution in [2.45, 2.75) is 19.1 Å². The molecule has 0 saturated carbocycles. The summed E-state index contributed by atoms with van der Waals surface area (Å²) in [6, 6.07) is 3.90. The van der Waals surface area contributed by atoms with Crippen LogP contribution in [0.25, 0.3) is 0 Å². The van der Waals surface area contributed by atoms with E-state index in [9.17, 15) is 5.11 Å². The summed E-state index contributed by atoms with van der Waals surface area (Å²) >= 11 is 6.12. The Morgan fingerprint density at radius 1 is 1.53 bits per heavy atom. The van der Waals surface area contributed by atoms with E-state index in [1.807, 2.05) is 24.1 Å². The van der Waals surface area contributed by atoms with Crippen molar-refractivity contribution < 1.29 is 14.6 Å². The van der Waals surface area contributed by atoms with Crippen molar-refractivity contribution in [1.82, 2.24) is 4.90 Å². The molecule has 0 aliphatic carbocycles. The van der Waals surface area contributed by atoms with Crippen molar-refractivity contribution in [2.24, 2.45) is 0 Å². The number of ether oxygens (including phenoxy) is 2. The first-order valence-electron chi connectivity index (χ1n) is 6.39. The van der Waals surface area contributed by atoms with E-state index in [1.165, 1.54) is 5.56 Å². The summed E-state index contributed by atoms with van der Waals surface area (Å²) in [5.74, 6) is 0.956. The number of hydrogen-bond acceptors (Lipinski definition) is 4. The van der Waals surface area contributed by atoms with E-state index in [1.54, 1.807) is 7.11 Å². The second-order valence-corrected chi connectivity index (χ2v) is 5.39. The van der Waals surface area contributed by atoms with Crippen molar-refractivity contribution in [3.63, 3.8) is 0 Å². The number of fused-ring (bicyclic) bond motifs is 1. The summed E-state index contributed by atoms with van der Waals surface area (Å²) in [6.07, 6.45) is 0.432. The van der Waals surface area contributed by atoms with Crippen molar-refractivity contribution in [3.8, 4) is 5.75 Å². The smallest absolute Gasteiger partial charge is 0.127 e. The van der Waals surface area contributed by atoms with Crippen molar-refractivity contribution in [2.75, 3.05) is 33.9 Å². The van der Waals surface area contributed by atoms with E-state index in [4.69, 9.17) is 21.1 Å². The summed E-state index contributed by atoms with van der Waals surface area (Å²) in [5.41, 5.74) is 2.25. The van der Waals surface area contributed by atoms with E-state index in [0.717, 1.165) is 29.4 Å². The maximum Gasteiger partial charge on any atom is 0.127 e. The van der Waals surface area contributed by atoms with Gasteiger partial charge in [-0.2, -0.15) is 0 Å². The van der Waals surface area contributed by atoms with Gasteiger partial charge in [0.15, 0.2) is 0 Å². The number of rotatable bonds is 6. The average molecular weight is 286 g/mol. The first kappa shape index (κ1) is 14.6. The minimum Gasteiger partial charge on any atom is -0.493 e. The molecule has 0 amide bonds. The molecule has 1 aliphatic rings. The molecule has 1 aromatic carbocycles. The number of benzene rings is 1. The van der Waals surface area contributed by atoms with Gasteiger partial charge in [-0.15, -0.1) is 0 Å². The van der Waals surface area contributed by atoms with Crippen LogP contribution >= 0.6 is 11.6 Å². The number of aliphatic hydroxyl groups excluding tert-OH is 1. The Morgan fingerprint density at radius 3 is 3.05 bits per heavy atom. The first-order chi connectivity index (χ1) is 9.10. The molecular weight excluding hydrogens is 266 g/mol. The van der Waals surface area contributed by atoms with Crippen LogP contribution in [0, 0.1) is 0 Å². The number of hydrogen-bond donors (Lipinski definition) is 1. The third-order valence-corrected chi connectivity index (χ3v) is 3.37. The molecule has 4 nitrogen and oxygen atoms in total. The zero-order chi connectivity index (χ0) is 13.8. The fourth-order valence-electron chi connectivity index (χ4n) is 2.42. The topological polar surface area (TPSA) is 41.9 Å². The SMILES string of the molecule is COCC(O)CN(C)Cc1cc(Cl)cc2c1OCC2. The second-order valence-electron chi connectivity index (χ2n) is 4.96. The lowest BCUT2D eigenvalue weighted by Crippen LogP contribution is -2.31. The van der Waals surface area contributed by atoms with E-state index in [-0.39, 0.29) is 0 Å². The average Bonchev–Trinajstić information content (AvgIpc) is 2.76. The van der Waals surface area contributed by atoms with Gasteiger partial charge in [-0.05, 0) is 24.7 Å². The van der Waals surface area contributed by atoms with Crippen molar-refractivity contribution in [3.05, 3.63) is 28.3 Å². The lowest BCUT2D eigenvalue weighted by atomic mass is 10.1. The van der Waals surface area contributed by atoms with Crippen LogP contribution in [0.15, 0.2) is 12.1 Å². The van der Waals surface area contributed by atoms with Gasteiger partial charge in [0.05, 0.1) is 19.3 Å². The zero-order valence-electron chi connectivity index (χ0n) is 11.4. The molecule has 1 heterocycles. The van der Waals surface area contributed by atoms with Gasteiger partial charge in [0, 0.05) is 37.2 Å². The van der Waals surface area contributed by atoms with E-state index < -0.39 is 6.10 Å². The quantitative estimate of drug-likeness (QED) is 0.864. The number of likely N-dealkylation sites (N-methyl/N-ethyl adjacent to an activating group) is 1. The largest absolute Gasteiger partial charge is 0.493 e. The summed E-state index contributed by atoms with van der Waals surface area (Å²) in [5, 5.41) is 10.5. The van der Waals surface area contributed by atoms with Crippen LogP contribution in [0.2, 0.25) is 5.02 Å². The van der Waals surface area contributed by atoms with E-state index in [0.29, 0.717) is 19.7 Å². The van der Waals surface area contributed by atoms with Crippen molar-refractivity contribution >= 4 is 11.6 Å². The van der Waals surface area contributed by atoms with Crippen LogP contribution in [0.3, 0.4) is 0 Å². The van der Waals surface area contributed by atoms with Crippen LogP contribution in [0.5, 0.6) is 5.75 Å². The highest BCUT2D eigenvalue weighted by molar-refractivity contribution is 6.30. The molecule has 2 rings (SSSR count). The van der Waals surface area contributed by atoms with E-state index >= 15 is 0 Å². The van der Waals surface area contributed by atoms with Crippen LogP contribution in [-0.2, 0) is 17.7 Å². The Bertz CT molecular complexity index is 439. The molecule has 1 N–H and O–H groups in total. The zero-order valence-corrected chi connectivity index (χ0v) is 12.1. The van der Waals surface area contributed by atoms with Gasteiger partial charge in [-0.3, -0.25) is 4.90 Å². The Labute approximate surface area is 118 Å². The minimum absolute atomic E-state index is 0.342. The summed E-state index contributed by atoms with van der Waals surface area (Å²) in [7, 11) is 3.54. The summed E-state index contributed by atoms with van der Waals surface area (Å²) in [4.78, 5) is 2.04. The van der Waals surface area contributed by atoms with Gasteiger partial charge in [-0.1, -0.05) is 11.6 Å². The summed E-state index contributed by atoms with van der Waals surface area (Å²) in [6.45, 7) is 2.31. The standard InChI is InChI=1S/C14H20ClNO3/c1-16(8-13(17)9-18-2)7-11-6-12(15)5-10-3-4-19-14(10)11/h5-6,13,17H,3-4,7-9H2,1-2H3. The fraction of sp³-hybridized carbons (Fsp3) is 0.571. The molecule has 19 heavy (non-hydrogen) atoms. The maximum absolute atomic E-state index is 9.72. The molecule has 1 aromatic rings. The Balaban J connectivity index is 2.03. The van der Waals surface area contributed by atoms with Gasteiger partial charge in [0.25, 0.3) is 0 Å². The molecule has 5 heteroatoms. The van der Waals surface area contributed by atoms with Crippen LogP contribution < -0.4 is 4.74 Å². The van der Waals surface area contributed by atoms with Gasteiger partial charge < -0.3 is 14.6 Å². The number of halogens is 1. The molecule has 1 atom stereocenters. The Hall–Kier alpha value is -0.810. The van der Waals surface area contributed by atoms with Crippen molar-refractivity contribution in [1.29, 1.82) is 0 Å². The highest BCUT2D eigenvalue weighted by Gasteiger charge is 2.19. The molecular formula is C14H20ClNO3. The van der Waals surface area contributed by atoms with Gasteiger partial charge in [0.2, 0.25) is 0 Å². The van der Waals surface area contributed by atoms with Crippen LogP contribution in [0.4, 0.5) is 0 Å². The predicted molar refractivity (Wildman–Crippen MR) is 74.9 cm³/mol. The number of methoxy groups -OCH3 is 1. The first-order valence-corrected chi connectivity index (χ1v) is 6.77. The van der Waals surface area contributed by atoms with Crippen LogP contribution in [-0.4, -0.2) is 50.0 Å². The molecule has 0 bridgehead atoms. The second kappa shape index (κ2) is 6.57. The Kier molecular flexibility index (Phi) is 5.05. The summed E-state index contributed by atoms with van der Waals surface area (Å²) < 4.78 is 10.6. The fourth-order valence-corrected chi connectivity index (χ4v) is 2.69. The molecule has 1 aliphatic heterocycles. The molecule has 0 saturated heterocycles. The normalized spacial score (nSPS) is 15.4. The molecule has 1 unspecified atom stereocenters. The number of nitrogens with zero attached hydrogens (tertiary/aromatic N) is 1. The van der Waals surface area contributed by atoms with Gasteiger partial charge >= 0.3 is 0 Å². The monoisotopic (exact) mass is 285 g/mol. The predicted octanol–water partition coefficient (Wildman–Crippen LogP) is 1.71. The molecule has 0 radical (unpaired) electrons. The molecule has 0 spiro atoms. The molecule has 0 fully saturated rings. The van der Waals surface area contributed by atoms with E-state index in [2.05, 4.69) is 0 Å². The van der Waals surface area contributed by atoms with Crippen LogP contribution in [0.1, 0.15) is 11.1 Å². The maximum atomic E-state index is 9.72. The highest BCUT2D eigenvalue weighted by atomic mass is 35.5. The third-order valence-electron chi connectivity index (χ3n) is 3.15. The Morgan fingerprint density at radius 2 is 2.32 bits per heavy atom. The van der Waals surface area contributed by atoms with Gasteiger partial charge in [-0.25, -0.2) is 0 Å². The lowest BCUT2D eigenvalue weighted by molar-refractivity contribution is 0.0417. The number of aliphatic hydroxyl groups is 1. The van der Waals surface area contributed by atoms with Gasteiger partial charge in [0.1, 0.15) is 5.75 Å². The highest BCUT2D eigenvalue weighted by Crippen LogP contribution is 2.33. The molecule has 106 valence electrons. The minimum atomic E-state index is -0.483. The third kappa shape index (κ3) is 3.83. The molecule has 0 aromatic heterocycles. The lowest BCUT2D eigenvalue weighted by Gasteiger charge is -2.21.